The second-order valence-corrected chi connectivity index (χ2v) is 7.07. The van der Waals surface area contributed by atoms with E-state index in [9.17, 15) is 8.42 Å². The Morgan fingerprint density at radius 1 is 0.957 bits per heavy atom. The van der Waals surface area contributed by atoms with Crippen LogP contribution in [-0.2, 0) is 23.0 Å². The van der Waals surface area contributed by atoms with Crippen LogP contribution in [0.15, 0.2) is 47.4 Å². The molecule has 0 fully saturated rings. The van der Waals surface area contributed by atoms with Crippen LogP contribution in [0.3, 0.4) is 0 Å². The summed E-state index contributed by atoms with van der Waals surface area (Å²) in [6.07, 6.45) is 0.880. The summed E-state index contributed by atoms with van der Waals surface area (Å²) in [5, 5.41) is 0. The molecule has 0 radical (unpaired) electrons. The highest BCUT2D eigenvalue weighted by Gasteiger charge is 2.15. The molecule has 0 amide bonds. The van der Waals surface area contributed by atoms with Crippen LogP contribution in [0.2, 0.25) is 0 Å². The Bertz CT molecular complexity index is 785. The van der Waals surface area contributed by atoms with Crippen LogP contribution >= 0.6 is 0 Å². The second kappa shape index (κ2) is 6.60. The standard InChI is InChI=1S/C17H19NO4S/c1-2-13-3-6-15(7-4-13)23(19,20)18-12-14-5-8-16-17(11-14)22-10-9-21-16/h3-8,11,18H,2,9-10,12H2,1H3. The average Bonchev–Trinajstić information content (AvgIpc) is 2.60. The first-order valence-corrected chi connectivity index (χ1v) is 9.04. The SMILES string of the molecule is CCc1ccc(S(=O)(=O)NCc2ccc3c(c2)OCCO3)cc1. The van der Waals surface area contributed by atoms with Crippen LogP contribution in [-0.4, -0.2) is 21.6 Å². The zero-order chi connectivity index (χ0) is 16.3. The first-order chi connectivity index (χ1) is 11.1. The van der Waals surface area contributed by atoms with E-state index in [1.807, 2.05) is 25.1 Å². The van der Waals surface area contributed by atoms with Crippen molar-refractivity contribution in [2.24, 2.45) is 0 Å². The predicted octanol–water partition coefficient (Wildman–Crippen LogP) is 2.50. The Labute approximate surface area is 136 Å². The van der Waals surface area contributed by atoms with Gasteiger partial charge in [-0.1, -0.05) is 25.1 Å². The molecule has 0 spiro atoms. The van der Waals surface area contributed by atoms with Crippen molar-refractivity contribution in [1.82, 2.24) is 4.72 Å². The van der Waals surface area contributed by atoms with Gasteiger partial charge >= 0.3 is 0 Å². The fourth-order valence-corrected chi connectivity index (χ4v) is 3.38. The Hall–Kier alpha value is -2.05. The van der Waals surface area contributed by atoms with Gasteiger partial charge in [-0.25, -0.2) is 13.1 Å². The molecular formula is C17H19NO4S. The lowest BCUT2D eigenvalue weighted by molar-refractivity contribution is 0.171. The summed E-state index contributed by atoms with van der Waals surface area (Å²) in [6, 6.07) is 12.4. The van der Waals surface area contributed by atoms with Gasteiger partial charge in [0.15, 0.2) is 11.5 Å². The number of hydrogen-bond acceptors (Lipinski definition) is 4. The van der Waals surface area contributed by atoms with Crippen molar-refractivity contribution in [1.29, 1.82) is 0 Å². The van der Waals surface area contributed by atoms with Gasteiger partial charge in [-0.2, -0.15) is 0 Å². The van der Waals surface area contributed by atoms with Crippen molar-refractivity contribution in [3.8, 4) is 11.5 Å². The minimum absolute atomic E-state index is 0.203. The Balaban J connectivity index is 1.71. The number of hydrogen-bond donors (Lipinski definition) is 1. The van der Waals surface area contributed by atoms with E-state index in [2.05, 4.69) is 4.72 Å². The number of aryl methyl sites for hydroxylation is 1. The molecule has 1 heterocycles. The van der Waals surface area contributed by atoms with Gasteiger partial charge in [0.1, 0.15) is 13.2 Å². The normalized spacial score (nSPS) is 13.8. The van der Waals surface area contributed by atoms with Crippen molar-refractivity contribution >= 4 is 10.0 Å². The Morgan fingerprint density at radius 3 is 2.30 bits per heavy atom. The molecule has 23 heavy (non-hydrogen) atoms. The lowest BCUT2D eigenvalue weighted by Crippen LogP contribution is -2.23. The van der Waals surface area contributed by atoms with Crippen LogP contribution < -0.4 is 14.2 Å². The van der Waals surface area contributed by atoms with Gasteiger partial charge in [0.2, 0.25) is 10.0 Å². The summed E-state index contributed by atoms with van der Waals surface area (Å²) in [5.41, 5.74) is 1.93. The van der Waals surface area contributed by atoms with Gasteiger partial charge in [0.05, 0.1) is 4.90 Å². The van der Waals surface area contributed by atoms with Crippen molar-refractivity contribution < 1.29 is 17.9 Å². The van der Waals surface area contributed by atoms with E-state index in [0.29, 0.717) is 24.7 Å². The summed E-state index contributed by atoms with van der Waals surface area (Å²) < 4.78 is 38.2. The minimum atomic E-state index is -3.53. The van der Waals surface area contributed by atoms with Gasteiger partial charge in [-0.15, -0.1) is 0 Å². The summed E-state index contributed by atoms with van der Waals surface area (Å²) in [4.78, 5) is 0.271. The number of benzene rings is 2. The highest BCUT2D eigenvalue weighted by Crippen LogP contribution is 2.30. The number of sulfonamides is 1. The quantitative estimate of drug-likeness (QED) is 0.913. The van der Waals surface area contributed by atoms with E-state index >= 15 is 0 Å². The maximum atomic E-state index is 12.3. The third kappa shape index (κ3) is 3.65. The zero-order valence-electron chi connectivity index (χ0n) is 12.9. The summed E-state index contributed by atoms with van der Waals surface area (Å²) >= 11 is 0. The molecule has 0 bridgehead atoms. The van der Waals surface area contributed by atoms with Crippen LogP contribution in [0, 0.1) is 0 Å². The molecular weight excluding hydrogens is 314 g/mol. The smallest absolute Gasteiger partial charge is 0.240 e. The zero-order valence-corrected chi connectivity index (χ0v) is 13.7. The van der Waals surface area contributed by atoms with Crippen molar-refractivity contribution in [3.05, 3.63) is 53.6 Å². The minimum Gasteiger partial charge on any atom is -0.486 e. The first-order valence-electron chi connectivity index (χ1n) is 7.55. The molecule has 2 aromatic carbocycles. The number of nitrogens with one attached hydrogen (secondary N) is 1. The molecule has 0 aliphatic carbocycles. The van der Waals surface area contributed by atoms with Crippen molar-refractivity contribution in [2.75, 3.05) is 13.2 Å². The molecule has 1 aliphatic rings. The average molecular weight is 333 g/mol. The molecule has 2 aromatic rings. The van der Waals surface area contributed by atoms with E-state index in [-0.39, 0.29) is 11.4 Å². The second-order valence-electron chi connectivity index (χ2n) is 5.30. The largest absolute Gasteiger partial charge is 0.486 e. The molecule has 0 unspecified atom stereocenters. The number of fused-ring (bicyclic) bond motifs is 1. The number of rotatable bonds is 5. The molecule has 6 heteroatoms. The van der Waals surface area contributed by atoms with Gasteiger partial charge < -0.3 is 9.47 Å². The first kappa shape index (κ1) is 15.8. The van der Waals surface area contributed by atoms with Crippen LogP contribution in [0.1, 0.15) is 18.1 Å². The summed E-state index contributed by atoms with van der Waals surface area (Å²) in [7, 11) is -3.53. The van der Waals surface area contributed by atoms with Crippen LogP contribution in [0.5, 0.6) is 11.5 Å². The highest BCUT2D eigenvalue weighted by atomic mass is 32.2. The molecule has 0 saturated carbocycles. The monoisotopic (exact) mass is 333 g/mol. The van der Waals surface area contributed by atoms with Gasteiger partial charge in [0, 0.05) is 6.54 Å². The molecule has 1 N–H and O–H groups in total. The van der Waals surface area contributed by atoms with E-state index in [0.717, 1.165) is 17.5 Å². The molecule has 0 aromatic heterocycles. The molecule has 1 aliphatic heterocycles. The third-order valence-corrected chi connectivity index (χ3v) is 5.13. The maximum absolute atomic E-state index is 12.3. The summed E-state index contributed by atoms with van der Waals surface area (Å²) in [5.74, 6) is 1.35. The number of ether oxygens (including phenoxy) is 2. The van der Waals surface area contributed by atoms with Crippen molar-refractivity contribution in [2.45, 2.75) is 24.8 Å². The molecule has 5 nitrogen and oxygen atoms in total. The molecule has 0 saturated heterocycles. The fourth-order valence-electron chi connectivity index (χ4n) is 2.36. The topological polar surface area (TPSA) is 64.6 Å². The van der Waals surface area contributed by atoms with E-state index < -0.39 is 10.0 Å². The van der Waals surface area contributed by atoms with E-state index in [1.54, 1.807) is 24.3 Å². The predicted molar refractivity (Wildman–Crippen MR) is 87.3 cm³/mol. The van der Waals surface area contributed by atoms with Gasteiger partial charge in [-0.3, -0.25) is 0 Å². The van der Waals surface area contributed by atoms with Gasteiger partial charge in [-0.05, 0) is 41.8 Å². The lowest BCUT2D eigenvalue weighted by atomic mass is 10.2. The molecule has 122 valence electrons. The maximum Gasteiger partial charge on any atom is 0.240 e. The Kier molecular flexibility index (Phi) is 4.54. The molecule has 3 rings (SSSR count). The van der Waals surface area contributed by atoms with E-state index in [1.165, 1.54) is 0 Å². The van der Waals surface area contributed by atoms with Crippen LogP contribution in [0.4, 0.5) is 0 Å². The highest BCUT2D eigenvalue weighted by molar-refractivity contribution is 7.89. The van der Waals surface area contributed by atoms with Crippen LogP contribution in [0.25, 0.3) is 0 Å². The fraction of sp³-hybridized carbons (Fsp3) is 0.294. The van der Waals surface area contributed by atoms with E-state index in [4.69, 9.17) is 9.47 Å². The molecule has 0 atom stereocenters. The van der Waals surface area contributed by atoms with Crippen molar-refractivity contribution in [3.63, 3.8) is 0 Å². The Morgan fingerprint density at radius 2 is 1.61 bits per heavy atom. The lowest BCUT2D eigenvalue weighted by Gasteiger charge is -2.19. The third-order valence-electron chi connectivity index (χ3n) is 3.71. The van der Waals surface area contributed by atoms with Gasteiger partial charge in [0.25, 0.3) is 0 Å². The summed E-state index contributed by atoms with van der Waals surface area (Å²) in [6.45, 7) is 3.27.